The highest BCUT2D eigenvalue weighted by molar-refractivity contribution is 5.90. The highest BCUT2D eigenvalue weighted by Crippen LogP contribution is 2.26. The number of methoxy groups -OCH3 is 1. The molecule has 0 atom stereocenters. The lowest BCUT2D eigenvalue weighted by Crippen LogP contribution is -2.04. The molecular formula is C18H21NO4. The summed E-state index contributed by atoms with van der Waals surface area (Å²) < 4.78 is 5.15. The van der Waals surface area contributed by atoms with Crippen LogP contribution in [0.4, 0.5) is 5.69 Å². The Morgan fingerprint density at radius 2 is 2.22 bits per heavy atom. The summed E-state index contributed by atoms with van der Waals surface area (Å²) in [6.07, 6.45) is 6.64. The number of allylic oxidation sites excluding steroid dienone is 3. The molecule has 0 radical (unpaired) electrons. The molecule has 0 amide bonds. The van der Waals surface area contributed by atoms with Crippen molar-refractivity contribution in [1.82, 2.24) is 0 Å². The second-order valence-electron chi connectivity index (χ2n) is 5.33. The molecule has 2 rings (SSSR count). The van der Waals surface area contributed by atoms with Crippen molar-refractivity contribution in [3.05, 3.63) is 52.5 Å². The molecule has 0 bridgehead atoms. The van der Waals surface area contributed by atoms with Gasteiger partial charge < -0.3 is 14.9 Å². The van der Waals surface area contributed by atoms with Gasteiger partial charge in [0.25, 0.3) is 0 Å². The minimum Gasteiger partial charge on any atom is -0.504 e. The molecule has 0 aromatic heterocycles. The van der Waals surface area contributed by atoms with E-state index in [9.17, 15) is 9.90 Å². The fraction of sp³-hybridized carbons (Fsp3) is 0.333. The quantitative estimate of drug-likeness (QED) is 0.772. The van der Waals surface area contributed by atoms with Crippen molar-refractivity contribution < 1.29 is 19.7 Å². The number of carboxylic acids is 1. The predicted molar refractivity (Wildman–Crippen MR) is 89.5 cm³/mol. The maximum Gasteiger partial charge on any atom is 0.335 e. The fourth-order valence-electron chi connectivity index (χ4n) is 2.48. The average Bonchev–Trinajstić information content (AvgIpc) is 2.55. The lowest BCUT2D eigenvalue weighted by atomic mass is 10.0. The minimum atomic E-state index is -0.981. The molecule has 2 N–H and O–H groups in total. The Morgan fingerprint density at radius 1 is 1.43 bits per heavy atom. The molecule has 122 valence electrons. The first-order valence-electron chi connectivity index (χ1n) is 7.63. The van der Waals surface area contributed by atoms with E-state index in [0.29, 0.717) is 23.4 Å². The van der Waals surface area contributed by atoms with E-state index in [1.807, 2.05) is 6.08 Å². The second-order valence-corrected chi connectivity index (χ2v) is 5.33. The third-order valence-electron chi connectivity index (χ3n) is 3.71. The number of carboxylic acid groups (broad SMARTS) is 1. The van der Waals surface area contributed by atoms with E-state index in [0.717, 1.165) is 24.8 Å². The summed E-state index contributed by atoms with van der Waals surface area (Å²) >= 11 is 0. The van der Waals surface area contributed by atoms with E-state index in [-0.39, 0.29) is 11.3 Å². The number of rotatable bonds is 6. The normalized spacial score (nSPS) is 15.0. The smallest absolute Gasteiger partial charge is 0.335 e. The van der Waals surface area contributed by atoms with Gasteiger partial charge in [0.1, 0.15) is 5.76 Å². The SMILES string of the molecule is CCCc1ccc(C(=O)O)cc1/N=C/C1=CCCC(OC)=C1O. The molecule has 0 saturated heterocycles. The van der Waals surface area contributed by atoms with Crippen LogP contribution in [0.2, 0.25) is 0 Å². The lowest BCUT2D eigenvalue weighted by molar-refractivity contribution is 0.0697. The molecule has 1 aromatic rings. The molecule has 0 unspecified atom stereocenters. The highest BCUT2D eigenvalue weighted by atomic mass is 16.5. The number of aliphatic hydroxyl groups excluding tert-OH is 1. The maximum absolute atomic E-state index is 11.1. The number of hydrogen-bond donors (Lipinski definition) is 2. The lowest BCUT2D eigenvalue weighted by Gasteiger charge is -2.14. The van der Waals surface area contributed by atoms with Crippen LogP contribution in [0.15, 0.2) is 46.4 Å². The second kappa shape index (κ2) is 7.63. The third-order valence-corrected chi connectivity index (χ3v) is 3.71. The molecule has 1 aromatic carbocycles. The van der Waals surface area contributed by atoms with Crippen molar-refractivity contribution in [2.24, 2.45) is 4.99 Å². The Hall–Kier alpha value is -2.56. The van der Waals surface area contributed by atoms with E-state index in [1.54, 1.807) is 24.4 Å². The van der Waals surface area contributed by atoms with Crippen molar-refractivity contribution in [3.8, 4) is 0 Å². The van der Waals surface area contributed by atoms with Crippen LogP contribution in [0.5, 0.6) is 0 Å². The molecule has 0 saturated carbocycles. The van der Waals surface area contributed by atoms with E-state index < -0.39 is 5.97 Å². The van der Waals surface area contributed by atoms with Crippen LogP contribution >= 0.6 is 0 Å². The largest absolute Gasteiger partial charge is 0.504 e. The van der Waals surface area contributed by atoms with Gasteiger partial charge in [-0.25, -0.2) is 4.79 Å². The van der Waals surface area contributed by atoms with Crippen LogP contribution < -0.4 is 0 Å². The van der Waals surface area contributed by atoms with Crippen molar-refractivity contribution in [1.29, 1.82) is 0 Å². The fourth-order valence-corrected chi connectivity index (χ4v) is 2.48. The van der Waals surface area contributed by atoms with Crippen LogP contribution in [-0.2, 0) is 11.2 Å². The van der Waals surface area contributed by atoms with Crippen molar-refractivity contribution in [2.45, 2.75) is 32.6 Å². The Bertz CT molecular complexity index is 686. The van der Waals surface area contributed by atoms with Gasteiger partial charge in [0.05, 0.1) is 18.4 Å². The summed E-state index contributed by atoms with van der Waals surface area (Å²) in [6, 6.07) is 4.95. The number of aromatic carboxylic acids is 1. The van der Waals surface area contributed by atoms with Gasteiger partial charge in [0.2, 0.25) is 0 Å². The van der Waals surface area contributed by atoms with Gasteiger partial charge >= 0.3 is 5.97 Å². The van der Waals surface area contributed by atoms with E-state index >= 15 is 0 Å². The maximum atomic E-state index is 11.1. The summed E-state index contributed by atoms with van der Waals surface area (Å²) in [6.45, 7) is 2.06. The Morgan fingerprint density at radius 3 is 2.87 bits per heavy atom. The molecule has 5 heteroatoms. The van der Waals surface area contributed by atoms with E-state index in [1.165, 1.54) is 7.11 Å². The molecule has 1 aliphatic rings. The standard InChI is InChI=1S/C18H21NO4/c1-3-5-12-8-9-13(18(21)22)10-15(12)19-11-14-6-4-7-16(23-2)17(14)20/h6,8-11,20H,3-5,7H2,1-2H3,(H,21,22)/b19-11+. The summed E-state index contributed by atoms with van der Waals surface area (Å²) in [5.74, 6) is -0.346. The van der Waals surface area contributed by atoms with Gasteiger partial charge in [-0.05, 0) is 30.5 Å². The molecule has 1 aliphatic carbocycles. The van der Waals surface area contributed by atoms with Gasteiger partial charge in [-0.3, -0.25) is 4.99 Å². The van der Waals surface area contributed by atoms with Crippen LogP contribution in [-0.4, -0.2) is 29.5 Å². The van der Waals surface area contributed by atoms with E-state index in [4.69, 9.17) is 9.84 Å². The first-order chi connectivity index (χ1) is 11.1. The molecular weight excluding hydrogens is 294 g/mol. The first-order valence-corrected chi connectivity index (χ1v) is 7.63. The van der Waals surface area contributed by atoms with Crippen molar-refractivity contribution >= 4 is 17.9 Å². The van der Waals surface area contributed by atoms with Crippen LogP contribution in [0, 0.1) is 0 Å². The van der Waals surface area contributed by atoms with Gasteiger partial charge in [-0.15, -0.1) is 0 Å². The zero-order valence-corrected chi connectivity index (χ0v) is 13.4. The number of hydrogen-bond acceptors (Lipinski definition) is 4. The molecule has 0 fully saturated rings. The molecule has 0 spiro atoms. The summed E-state index contributed by atoms with van der Waals surface area (Å²) in [7, 11) is 1.53. The number of aliphatic imine (C=N–C) groups is 1. The van der Waals surface area contributed by atoms with E-state index in [2.05, 4.69) is 11.9 Å². The van der Waals surface area contributed by atoms with Crippen molar-refractivity contribution in [3.63, 3.8) is 0 Å². The molecule has 0 heterocycles. The van der Waals surface area contributed by atoms with Gasteiger partial charge in [-0.2, -0.15) is 0 Å². The number of aryl methyl sites for hydroxylation is 1. The molecule has 23 heavy (non-hydrogen) atoms. The van der Waals surface area contributed by atoms with Crippen molar-refractivity contribution in [2.75, 3.05) is 7.11 Å². The van der Waals surface area contributed by atoms with Gasteiger partial charge in [0, 0.05) is 18.2 Å². The van der Waals surface area contributed by atoms with Crippen LogP contribution in [0.25, 0.3) is 0 Å². The summed E-state index contributed by atoms with van der Waals surface area (Å²) in [4.78, 5) is 15.5. The molecule has 0 aliphatic heterocycles. The Balaban J connectivity index is 2.34. The summed E-state index contributed by atoms with van der Waals surface area (Å²) in [5.41, 5.74) is 2.40. The Kier molecular flexibility index (Phi) is 5.57. The minimum absolute atomic E-state index is 0.0916. The number of nitrogens with zero attached hydrogens (tertiary/aromatic N) is 1. The highest BCUT2D eigenvalue weighted by Gasteiger charge is 2.14. The van der Waals surface area contributed by atoms with Crippen LogP contribution in [0.3, 0.4) is 0 Å². The van der Waals surface area contributed by atoms with Gasteiger partial charge in [-0.1, -0.05) is 25.5 Å². The Labute approximate surface area is 135 Å². The number of benzene rings is 1. The topological polar surface area (TPSA) is 79.1 Å². The average molecular weight is 315 g/mol. The third kappa shape index (κ3) is 4.00. The first kappa shape index (κ1) is 16.8. The summed E-state index contributed by atoms with van der Waals surface area (Å²) in [5, 5.41) is 19.3. The predicted octanol–water partition coefficient (Wildman–Crippen LogP) is 4.18. The number of carbonyl (C=O) groups is 1. The number of aliphatic hydroxyl groups is 1. The zero-order chi connectivity index (χ0) is 16.8. The molecule has 5 nitrogen and oxygen atoms in total. The number of ether oxygens (including phenoxy) is 1. The van der Waals surface area contributed by atoms with Crippen LogP contribution in [0.1, 0.15) is 42.1 Å². The zero-order valence-electron chi connectivity index (χ0n) is 13.4. The van der Waals surface area contributed by atoms with Gasteiger partial charge in [0.15, 0.2) is 5.76 Å². The monoisotopic (exact) mass is 315 g/mol.